The van der Waals surface area contributed by atoms with Crippen molar-refractivity contribution in [2.45, 2.75) is 70.9 Å². The Morgan fingerprint density at radius 3 is 2.63 bits per heavy atom. The molecule has 0 saturated carbocycles. The van der Waals surface area contributed by atoms with Crippen LogP contribution in [-0.2, 0) is 23.4 Å². The molecule has 4 rings (SSSR count). The van der Waals surface area contributed by atoms with Gasteiger partial charge in [-0.2, -0.15) is 5.09 Å². The number of hydrogen-bond acceptors (Lipinski definition) is 9. The molecule has 2 aromatic heterocycles. The van der Waals surface area contributed by atoms with Crippen molar-refractivity contribution in [1.82, 2.24) is 19.6 Å². The third-order valence-corrected chi connectivity index (χ3v) is 7.97. The van der Waals surface area contributed by atoms with Crippen LogP contribution in [0.25, 0.3) is 10.9 Å². The van der Waals surface area contributed by atoms with Crippen LogP contribution < -0.4 is 20.9 Å². The molecule has 6 atom stereocenters. The van der Waals surface area contributed by atoms with Crippen LogP contribution >= 0.6 is 7.75 Å². The molecule has 3 heterocycles. The first kappa shape index (κ1) is 30.6. The summed E-state index contributed by atoms with van der Waals surface area (Å²) in [7, 11) is -4.65. The van der Waals surface area contributed by atoms with Gasteiger partial charge in [-0.15, -0.1) is 0 Å². The number of carbonyl (C=O) groups excluding carboxylic acids is 1. The van der Waals surface area contributed by atoms with Gasteiger partial charge in [-0.1, -0.05) is 0 Å². The number of benzene rings is 1. The first-order valence-corrected chi connectivity index (χ1v) is 14.2. The van der Waals surface area contributed by atoms with Crippen LogP contribution in [0.3, 0.4) is 0 Å². The van der Waals surface area contributed by atoms with Crippen molar-refractivity contribution in [3.8, 4) is 5.75 Å². The van der Waals surface area contributed by atoms with Crippen LogP contribution in [0.2, 0.25) is 0 Å². The monoisotopic (exact) mass is 600 g/mol. The predicted molar refractivity (Wildman–Crippen MR) is 142 cm³/mol. The molecule has 41 heavy (non-hydrogen) atoms. The third kappa shape index (κ3) is 6.44. The van der Waals surface area contributed by atoms with E-state index in [2.05, 4.69) is 10.1 Å². The van der Waals surface area contributed by atoms with E-state index >= 15 is 8.78 Å². The Bertz CT molecular complexity index is 1600. The van der Waals surface area contributed by atoms with E-state index in [4.69, 9.17) is 18.5 Å². The fourth-order valence-electron chi connectivity index (χ4n) is 4.34. The van der Waals surface area contributed by atoms with E-state index in [9.17, 15) is 24.1 Å². The van der Waals surface area contributed by atoms with Crippen molar-refractivity contribution in [3.05, 3.63) is 62.8 Å². The molecule has 1 saturated heterocycles. The lowest BCUT2D eigenvalue weighted by molar-refractivity contribution is -0.149. The summed E-state index contributed by atoms with van der Waals surface area (Å²) in [5.41, 5.74) is -3.15. The Balaban J connectivity index is 1.60. The van der Waals surface area contributed by atoms with Gasteiger partial charge in [0.1, 0.15) is 18.2 Å². The number of carbonyl (C=O) groups is 1. The summed E-state index contributed by atoms with van der Waals surface area (Å²) in [5.74, 6) is -2.14. The van der Waals surface area contributed by atoms with Crippen LogP contribution in [0, 0.1) is 12.7 Å². The van der Waals surface area contributed by atoms with Crippen molar-refractivity contribution in [3.63, 3.8) is 0 Å². The number of halogens is 2. The molecule has 4 N–H and O–H groups in total. The van der Waals surface area contributed by atoms with Crippen molar-refractivity contribution in [2.75, 3.05) is 6.61 Å². The highest BCUT2D eigenvalue weighted by Gasteiger charge is 2.56. The highest BCUT2D eigenvalue weighted by molar-refractivity contribution is 7.52. The molecular formula is C25H31F2N4O9P. The standard InChI is InChI=1S/C25H31F2N4O9P/c1-12(2)38-22(34)14(4)30-41(36,40-17-7-6-16-15(20(17)26)10-13(3)28-16)37-11-18-21(33)25(5,27)23(39-18)31-9-8-19(32)29-24(31)35/h6-10,12,14,18,21,23,28,33H,11H2,1-5H3,(H,30,36)(H,29,32,35)/t14-,18+,21+,23+,25+,41?/m0/s1. The molecule has 16 heteroatoms. The summed E-state index contributed by atoms with van der Waals surface area (Å²) in [6.07, 6.45) is -4.61. The Morgan fingerprint density at radius 1 is 1.27 bits per heavy atom. The first-order chi connectivity index (χ1) is 19.1. The molecule has 1 unspecified atom stereocenters. The van der Waals surface area contributed by atoms with Crippen molar-refractivity contribution in [1.29, 1.82) is 0 Å². The number of H-pyrrole nitrogens is 2. The average Bonchev–Trinajstić information content (AvgIpc) is 3.36. The highest BCUT2D eigenvalue weighted by atomic mass is 31.2. The Kier molecular flexibility index (Phi) is 8.58. The summed E-state index contributed by atoms with van der Waals surface area (Å²) in [4.78, 5) is 41.0. The van der Waals surface area contributed by atoms with Crippen LogP contribution in [0.15, 0.2) is 40.1 Å². The lowest BCUT2D eigenvalue weighted by atomic mass is 9.98. The summed E-state index contributed by atoms with van der Waals surface area (Å²) in [6.45, 7) is 6.45. The lowest BCUT2D eigenvalue weighted by Gasteiger charge is -2.25. The molecule has 0 aliphatic carbocycles. The summed E-state index contributed by atoms with van der Waals surface area (Å²) in [6, 6.07) is 3.92. The number of aromatic amines is 2. The van der Waals surface area contributed by atoms with E-state index < -0.39 is 79.4 Å². The third-order valence-electron chi connectivity index (χ3n) is 6.34. The van der Waals surface area contributed by atoms with E-state index in [1.165, 1.54) is 25.1 Å². The van der Waals surface area contributed by atoms with Crippen LogP contribution in [0.1, 0.15) is 39.6 Å². The molecule has 224 valence electrons. The zero-order valence-electron chi connectivity index (χ0n) is 22.8. The van der Waals surface area contributed by atoms with Gasteiger partial charge in [0.2, 0.25) is 0 Å². The van der Waals surface area contributed by atoms with E-state index in [0.29, 0.717) is 11.2 Å². The second-order valence-corrected chi connectivity index (χ2v) is 11.8. The van der Waals surface area contributed by atoms with Crippen molar-refractivity contribution >= 4 is 24.6 Å². The van der Waals surface area contributed by atoms with Crippen LogP contribution in [0.5, 0.6) is 5.75 Å². The van der Waals surface area contributed by atoms with E-state index in [1.54, 1.807) is 20.8 Å². The molecule has 3 aromatic rings. The average molecular weight is 601 g/mol. The zero-order chi connectivity index (χ0) is 30.3. The van der Waals surface area contributed by atoms with Gasteiger partial charge < -0.3 is 24.1 Å². The van der Waals surface area contributed by atoms with Gasteiger partial charge in [-0.25, -0.2) is 18.1 Å². The molecule has 0 radical (unpaired) electrons. The molecule has 1 aromatic carbocycles. The molecule has 1 fully saturated rings. The number of rotatable bonds is 10. The summed E-state index contributed by atoms with van der Waals surface area (Å²) < 4.78 is 67.1. The van der Waals surface area contributed by atoms with Gasteiger partial charge in [0.25, 0.3) is 5.56 Å². The predicted octanol–water partition coefficient (Wildman–Crippen LogP) is 2.59. The molecule has 1 aliphatic rings. The van der Waals surface area contributed by atoms with Crippen molar-refractivity contribution in [2.24, 2.45) is 0 Å². The number of aliphatic hydroxyl groups excluding tert-OH is 1. The maximum Gasteiger partial charge on any atom is 0.459 e. The van der Waals surface area contributed by atoms with Crippen molar-refractivity contribution < 1.29 is 41.8 Å². The number of aromatic nitrogens is 3. The second kappa shape index (κ2) is 11.5. The minimum atomic E-state index is -4.65. The zero-order valence-corrected chi connectivity index (χ0v) is 23.7. The number of esters is 1. The minimum Gasteiger partial charge on any atom is -0.462 e. The van der Waals surface area contributed by atoms with E-state index in [-0.39, 0.29) is 5.39 Å². The van der Waals surface area contributed by atoms with Gasteiger partial charge >= 0.3 is 19.4 Å². The number of hydrogen-bond donors (Lipinski definition) is 4. The molecule has 0 spiro atoms. The fraction of sp³-hybridized carbons (Fsp3) is 0.480. The van der Waals surface area contributed by atoms with Gasteiger partial charge in [0.05, 0.1) is 12.7 Å². The maximum atomic E-state index is 15.6. The number of aliphatic hydroxyl groups is 1. The fourth-order valence-corrected chi connectivity index (χ4v) is 5.84. The SMILES string of the molecule is Cc1cc2c(F)c(OP(=O)(N[C@@H](C)C(=O)OC(C)C)OC[C@H]3O[C@@H](n4ccc(=O)[nH]c4=O)[C@](C)(F)[C@@H]3O)ccc2[nH]1. The Morgan fingerprint density at radius 2 is 1.98 bits per heavy atom. The number of nitrogens with one attached hydrogen (secondary N) is 3. The molecule has 13 nitrogen and oxygen atoms in total. The van der Waals surface area contributed by atoms with Crippen LogP contribution in [0.4, 0.5) is 8.78 Å². The second-order valence-electron chi connectivity index (χ2n) is 10.2. The van der Waals surface area contributed by atoms with E-state index in [0.717, 1.165) is 23.8 Å². The number of fused-ring (bicyclic) bond motifs is 1. The Labute approximate surface area is 232 Å². The van der Waals surface area contributed by atoms with Gasteiger partial charge in [0.15, 0.2) is 23.5 Å². The normalized spacial score (nSPS) is 24.9. The largest absolute Gasteiger partial charge is 0.462 e. The molecule has 1 aliphatic heterocycles. The maximum absolute atomic E-state index is 15.6. The quantitative estimate of drug-likeness (QED) is 0.200. The van der Waals surface area contributed by atoms with Gasteiger partial charge in [-0.05, 0) is 52.8 Å². The number of nitrogens with zero attached hydrogens (tertiary/aromatic N) is 1. The molecule has 0 amide bonds. The van der Waals surface area contributed by atoms with Crippen LogP contribution in [-0.4, -0.2) is 62.2 Å². The summed E-state index contributed by atoms with van der Waals surface area (Å²) in [5, 5.41) is 13.2. The molecule has 0 bridgehead atoms. The number of ether oxygens (including phenoxy) is 2. The lowest BCUT2D eigenvalue weighted by Crippen LogP contribution is -2.43. The number of alkyl halides is 1. The summed E-state index contributed by atoms with van der Waals surface area (Å²) >= 11 is 0. The molecular weight excluding hydrogens is 569 g/mol. The topological polar surface area (TPSA) is 174 Å². The smallest absolute Gasteiger partial charge is 0.459 e. The van der Waals surface area contributed by atoms with Gasteiger partial charge in [0, 0.05) is 28.9 Å². The minimum absolute atomic E-state index is 0.149. The number of aryl methyl sites for hydroxylation is 1. The Hall–Kier alpha value is -3.36. The van der Waals surface area contributed by atoms with E-state index in [1.807, 2.05) is 4.98 Å². The highest BCUT2D eigenvalue weighted by Crippen LogP contribution is 2.48. The van der Waals surface area contributed by atoms with Gasteiger partial charge in [-0.3, -0.25) is 23.7 Å². The first-order valence-electron chi connectivity index (χ1n) is 12.7.